The lowest BCUT2D eigenvalue weighted by molar-refractivity contribution is -0.118. The minimum atomic E-state index is -0.481. The van der Waals surface area contributed by atoms with Crippen molar-refractivity contribution in [2.75, 3.05) is 26.1 Å². The van der Waals surface area contributed by atoms with Gasteiger partial charge in [-0.15, -0.1) is 0 Å². The fraction of sp³-hybridized carbons (Fsp3) is 0.200. The molecule has 8 heteroatoms. The third kappa shape index (κ3) is 4.55. The van der Waals surface area contributed by atoms with Gasteiger partial charge in [-0.3, -0.25) is 9.59 Å². The molecule has 170 valence electrons. The van der Waals surface area contributed by atoms with E-state index in [1.807, 2.05) is 13.0 Å². The lowest BCUT2D eigenvalue weighted by Crippen LogP contribution is -2.23. The van der Waals surface area contributed by atoms with Crippen LogP contribution < -0.4 is 25.0 Å². The van der Waals surface area contributed by atoms with Crippen LogP contribution in [0, 0.1) is 0 Å². The van der Waals surface area contributed by atoms with Crippen LogP contribution in [0.1, 0.15) is 12.5 Å². The number of furan rings is 1. The van der Waals surface area contributed by atoms with Crippen LogP contribution in [-0.4, -0.2) is 26.7 Å². The zero-order valence-corrected chi connectivity index (χ0v) is 18.5. The molecular formula is C25H23NO7. The Hall–Kier alpha value is -4.20. The van der Waals surface area contributed by atoms with Crippen molar-refractivity contribution in [3.63, 3.8) is 0 Å². The molecule has 0 bridgehead atoms. The lowest BCUT2D eigenvalue weighted by atomic mass is 10.1. The van der Waals surface area contributed by atoms with Gasteiger partial charge in [-0.2, -0.15) is 0 Å². The van der Waals surface area contributed by atoms with E-state index in [1.54, 1.807) is 42.5 Å². The van der Waals surface area contributed by atoms with Crippen molar-refractivity contribution < 1.29 is 27.8 Å². The number of amides is 1. The Morgan fingerprint density at radius 2 is 1.91 bits per heavy atom. The Morgan fingerprint density at radius 1 is 1.06 bits per heavy atom. The summed E-state index contributed by atoms with van der Waals surface area (Å²) in [6.07, 6.45) is 2.23. The van der Waals surface area contributed by atoms with Gasteiger partial charge in [0.25, 0.3) is 5.91 Å². The van der Waals surface area contributed by atoms with E-state index >= 15 is 0 Å². The number of anilines is 1. The first kappa shape index (κ1) is 22.0. The van der Waals surface area contributed by atoms with E-state index in [1.165, 1.54) is 20.5 Å². The number of carbonyl (C=O) groups is 1. The summed E-state index contributed by atoms with van der Waals surface area (Å²) in [6.45, 7) is 1.57. The van der Waals surface area contributed by atoms with Crippen LogP contribution >= 0.6 is 0 Å². The topological polar surface area (TPSA) is 100 Å². The summed E-state index contributed by atoms with van der Waals surface area (Å²) in [4.78, 5) is 25.9. The largest absolute Gasteiger partial charge is 0.497 e. The average Bonchev–Trinajstić information content (AvgIpc) is 3.38. The number of nitrogens with one attached hydrogen (secondary N) is 1. The summed E-state index contributed by atoms with van der Waals surface area (Å²) in [7, 11) is 3.03. The number of hydrogen-bond acceptors (Lipinski definition) is 7. The molecule has 0 atom stereocenters. The van der Waals surface area contributed by atoms with Crippen molar-refractivity contribution in [2.24, 2.45) is 0 Å². The first-order valence-corrected chi connectivity index (χ1v) is 10.3. The van der Waals surface area contributed by atoms with Gasteiger partial charge in [0.05, 0.1) is 31.6 Å². The Bertz CT molecular complexity index is 1340. The molecule has 8 nitrogen and oxygen atoms in total. The van der Waals surface area contributed by atoms with Crippen molar-refractivity contribution in [1.82, 2.24) is 0 Å². The molecule has 0 unspecified atom stereocenters. The number of carbonyl (C=O) groups excluding carboxylic acids is 1. The van der Waals surface area contributed by atoms with Gasteiger partial charge in [0.15, 0.2) is 12.4 Å². The van der Waals surface area contributed by atoms with Gasteiger partial charge in [0.2, 0.25) is 16.9 Å². The van der Waals surface area contributed by atoms with Crippen molar-refractivity contribution in [3.8, 4) is 28.8 Å². The highest BCUT2D eigenvalue weighted by molar-refractivity contribution is 5.93. The van der Waals surface area contributed by atoms with E-state index in [2.05, 4.69) is 5.32 Å². The average molecular weight is 449 g/mol. The molecule has 4 aromatic rings. The Balaban J connectivity index is 1.64. The minimum absolute atomic E-state index is 0.0949. The summed E-state index contributed by atoms with van der Waals surface area (Å²) in [5.74, 6) is 0.881. The summed E-state index contributed by atoms with van der Waals surface area (Å²) < 4.78 is 27.5. The molecule has 1 N–H and O–H groups in total. The van der Waals surface area contributed by atoms with Crippen LogP contribution in [0.4, 0.5) is 5.69 Å². The second-order valence-electron chi connectivity index (χ2n) is 7.15. The molecule has 33 heavy (non-hydrogen) atoms. The molecule has 4 rings (SSSR count). The van der Waals surface area contributed by atoms with Gasteiger partial charge >= 0.3 is 0 Å². The van der Waals surface area contributed by atoms with Crippen LogP contribution in [0.3, 0.4) is 0 Å². The van der Waals surface area contributed by atoms with E-state index in [9.17, 15) is 9.59 Å². The molecule has 0 radical (unpaired) electrons. The molecule has 0 saturated heterocycles. The number of ether oxygens (including phenoxy) is 3. The van der Waals surface area contributed by atoms with Gasteiger partial charge in [-0.25, -0.2) is 0 Å². The van der Waals surface area contributed by atoms with Crippen molar-refractivity contribution >= 4 is 22.6 Å². The Kier molecular flexibility index (Phi) is 6.35. The summed E-state index contributed by atoms with van der Waals surface area (Å²) in [6, 6.07) is 13.7. The van der Waals surface area contributed by atoms with E-state index in [-0.39, 0.29) is 16.9 Å². The van der Waals surface area contributed by atoms with Gasteiger partial charge in [-0.05, 0) is 48.4 Å². The van der Waals surface area contributed by atoms with Crippen molar-refractivity contribution in [3.05, 3.63) is 70.6 Å². The van der Waals surface area contributed by atoms with Crippen LogP contribution in [0.2, 0.25) is 0 Å². The van der Waals surface area contributed by atoms with Gasteiger partial charge < -0.3 is 28.4 Å². The van der Waals surface area contributed by atoms with Crippen molar-refractivity contribution in [1.29, 1.82) is 0 Å². The number of fused-ring (bicyclic) bond motifs is 1. The molecule has 0 spiro atoms. The molecule has 0 aliphatic carbocycles. The fourth-order valence-corrected chi connectivity index (χ4v) is 3.37. The quantitative estimate of drug-likeness (QED) is 0.418. The predicted molar refractivity (Wildman–Crippen MR) is 123 cm³/mol. The van der Waals surface area contributed by atoms with Crippen LogP contribution in [-0.2, 0) is 11.2 Å². The molecule has 0 fully saturated rings. The number of rotatable bonds is 8. The second kappa shape index (κ2) is 9.52. The Morgan fingerprint density at radius 3 is 2.61 bits per heavy atom. The molecule has 0 saturated carbocycles. The van der Waals surface area contributed by atoms with Gasteiger partial charge in [0.1, 0.15) is 17.1 Å². The van der Waals surface area contributed by atoms with E-state index in [0.717, 1.165) is 12.0 Å². The first-order valence-electron chi connectivity index (χ1n) is 10.3. The first-order chi connectivity index (χ1) is 16.0. The number of hydrogen-bond donors (Lipinski definition) is 1. The molecule has 1 amide bonds. The maximum absolute atomic E-state index is 13.3. The standard InChI is InChI=1S/C25H23NO7/c1-4-15-7-10-19-17(12-15)23(28)25(24(33-19)20-6-5-11-31-20)32-14-22(27)26-18-9-8-16(29-2)13-21(18)30-3/h5-13H,4,14H2,1-3H3,(H,26,27). The highest BCUT2D eigenvalue weighted by Gasteiger charge is 2.21. The summed E-state index contributed by atoms with van der Waals surface area (Å²) >= 11 is 0. The smallest absolute Gasteiger partial charge is 0.262 e. The van der Waals surface area contributed by atoms with Crippen molar-refractivity contribution in [2.45, 2.75) is 13.3 Å². The highest BCUT2D eigenvalue weighted by Crippen LogP contribution is 2.32. The van der Waals surface area contributed by atoms with E-state index in [0.29, 0.717) is 33.9 Å². The molecular weight excluding hydrogens is 426 g/mol. The molecule has 2 aromatic carbocycles. The zero-order chi connectivity index (χ0) is 23.4. The molecule has 2 heterocycles. The van der Waals surface area contributed by atoms with E-state index < -0.39 is 12.5 Å². The molecule has 0 aliphatic heterocycles. The Labute approximate surface area is 189 Å². The van der Waals surface area contributed by atoms with Crippen LogP contribution in [0.25, 0.3) is 22.5 Å². The monoisotopic (exact) mass is 449 g/mol. The molecule has 0 aliphatic rings. The van der Waals surface area contributed by atoms with E-state index in [4.69, 9.17) is 23.0 Å². The normalized spacial score (nSPS) is 10.8. The fourth-order valence-electron chi connectivity index (χ4n) is 3.37. The van der Waals surface area contributed by atoms with Crippen LogP contribution in [0.5, 0.6) is 17.2 Å². The van der Waals surface area contributed by atoms with Crippen LogP contribution in [0.15, 0.2) is 68.4 Å². The number of methoxy groups -OCH3 is 2. The maximum atomic E-state index is 13.3. The third-order valence-electron chi connectivity index (χ3n) is 5.10. The number of benzene rings is 2. The number of aryl methyl sites for hydroxylation is 1. The van der Waals surface area contributed by atoms with Gasteiger partial charge in [-0.1, -0.05) is 13.0 Å². The SMILES string of the molecule is CCc1ccc2oc(-c3ccco3)c(OCC(=O)Nc3ccc(OC)cc3OC)c(=O)c2c1. The summed E-state index contributed by atoms with van der Waals surface area (Å²) in [5, 5.41) is 3.08. The second-order valence-corrected chi connectivity index (χ2v) is 7.15. The maximum Gasteiger partial charge on any atom is 0.262 e. The highest BCUT2D eigenvalue weighted by atomic mass is 16.5. The summed E-state index contributed by atoms with van der Waals surface area (Å²) in [5.41, 5.74) is 1.45. The zero-order valence-electron chi connectivity index (χ0n) is 18.5. The minimum Gasteiger partial charge on any atom is -0.497 e. The van der Waals surface area contributed by atoms with Gasteiger partial charge in [0, 0.05) is 6.07 Å². The lowest BCUT2D eigenvalue weighted by Gasteiger charge is -2.13. The predicted octanol–water partition coefficient (Wildman–Crippen LogP) is 4.65. The molecule has 2 aromatic heterocycles. The third-order valence-corrected chi connectivity index (χ3v) is 5.10.